The van der Waals surface area contributed by atoms with Gasteiger partial charge in [0.25, 0.3) is 0 Å². The van der Waals surface area contributed by atoms with Crippen LogP contribution in [0.3, 0.4) is 0 Å². The van der Waals surface area contributed by atoms with Gasteiger partial charge in [-0.05, 0) is 25.2 Å². The van der Waals surface area contributed by atoms with Gasteiger partial charge in [-0.3, -0.25) is 9.59 Å². The van der Waals surface area contributed by atoms with Crippen molar-refractivity contribution in [3.05, 3.63) is 71.8 Å². The SMILES string of the molecule is CN(CCNC(=O)C(=O)NCCN(C)Cc1ccccc1)Cc1ccccc1. The second-order valence-electron chi connectivity index (χ2n) is 6.96. The molecule has 2 aromatic rings. The maximum Gasteiger partial charge on any atom is 0.309 e. The van der Waals surface area contributed by atoms with Crippen molar-refractivity contribution in [2.75, 3.05) is 40.3 Å². The van der Waals surface area contributed by atoms with E-state index >= 15 is 0 Å². The number of rotatable bonds is 10. The molecule has 0 fully saturated rings. The molecule has 0 aliphatic carbocycles. The molecule has 0 aromatic heterocycles. The average molecular weight is 383 g/mol. The lowest BCUT2D eigenvalue weighted by Crippen LogP contribution is -2.44. The van der Waals surface area contributed by atoms with Gasteiger partial charge < -0.3 is 20.4 Å². The Hall–Kier alpha value is -2.70. The minimum atomic E-state index is -0.584. The monoisotopic (exact) mass is 382 g/mol. The Kier molecular flexibility index (Phi) is 9.18. The molecule has 0 saturated heterocycles. The summed E-state index contributed by atoms with van der Waals surface area (Å²) in [4.78, 5) is 28.0. The average Bonchev–Trinajstić information content (AvgIpc) is 2.69. The summed E-state index contributed by atoms with van der Waals surface area (Å²) in [6, 6.07) is 20.3. The maximum atomic E-state index is 11.9. The van der Waals surface area contributed by atoms with Crippen LogP contribution >= 0.6 is 0 Å². The van der Waals surface area contributed by atoms with Gasteiger partial charge >= 0.3 is 11.8 Å². The number of carbonyl (C=O) groups excluding carboxylic acids is 2. The van der Waals surface area contributed by atoms with E-state index in [1.807, 2.05) is 50.5 Å². The predicted octanol–water partition coefficient (Wildman–Crippen LogP) is 1.48. The van der Waals surface area contributed by atoms with E-state index < -0.39 is 11.8 Å². The number of nitrogens with zero attached hydrogens (tertiary/aromatic N) is 2. The maximum absolute atomic E-state index is 11.9. The van der Waals surface area contributed by atoms with Crippen LogP contribution in [-0.4, -0.2) is 61.9 Å². The highest BCUT2D eigenvalue weighted by atomic mass is 16.2. The minimum absolute atomic E-state index is 0.434. The predicted molar refractivity (Wildman–Crippen MR) is 112 cm³/mol. The molecule has 150 valence electrons. The number of likely N-dealkylation sites (N-methyl/N-ethyl adjacent to an activating group) is 2. The number of benzene rings is 2. The summed E-state index contributed by atoms with van der Waals surface area (Å²) in [5.41, 5.74) is 2.43. The molecule has 6 heteroatoms. The molecule has 28 heavy (non-hydrogen) atoms. The van der Waals surface area contributed by atoms with Crippen LogP contribution in [0.1, 0.15) is 11.1 Å². The molecule has 0 spiro atoms. The van der Waals surface area contributed by atoms with Crippen LogP contribution in [0.25, 0.3) is 0 Å². The summed E-state index contributed by atoms with van der Waals surface area (Å²) in [5.74, 6) is -1.17. The smallest absolute Gasteiger partial charge is 0.309 e. The van der Waals surface area contributed by atoms with Gasteiger partial charge in [0, 0.05) is 39.3 Å². The number of carbonyl (C=O) groups is 2. The molecule has 0 atom stereocenters. The summed E-state index contributed by atoms with van der Waals surface area (Å²) >= 11 is 0. The van der Waals surface area contributed by atoms with Crippen molar-refractivity contribution in [2.24, 2.45) is 0 Å². The lowest BCUT2D eigenvalue weighted by molar-refractivity contribution is -0.139. The van der Waals surface area contributed by atoms with E-state index in [-0.39, 0.29) is 0 Å². The summed E-state index contributed by atoms with van der Waals surface area (Å²) in [6.07, 6.45) is 0. The van der Waals surface area contributed by atoms with Crippen molar-refractivity contribution in [3.63, 3.8) is 0 Å². The molecule has 0 radical (unpaired) electrons. The Morgan fingerprint density at radius 1 is 0.679 bits per heavy atom. The van der Waals surface area contributed by atoms with Gasteiger partial charge in [0.15, 0.2) is 0 Å². The first-order valence-electron chi connectivity index (χ1n) is 9.55. The van der Waals surface area contributed by atoms with Gasteiger partial charge in [-0.25, -0.2) is 0 Å². The lowest BCUT2D eigenvalue weighted by atomic mass is 10.2. The van der Waals surface area contributed by atoms with E-state index in [2.05, 4.69) is 44.7 Å². The van der Waals surface area contributed by atoms with Crippen molar-refractivity contribution in [3.8, 4) is 0 Å². The molecule has 0 aliphatic heterocycles. The third kappa shape index (κ3) is 8.33. The molecule has 0 heterocycles. The lowest BCUT2D eigenvalue weighted by Gasteiger charge is -2.18. The zero-order valence-electron chi connectivity index (χ0n) is 16.7. The topological polar surface area (TPSA) is 64.7 Å². The van der Waals surface area contributed by atoms with Crippen LogP contribution in [0.15, 0.2) is 60.7 Å². The van der Waals surface area contributed by atoms with E-state index in [1.165, 1.54) is 11.1 Å². The van der Waals surface area contributed by atoms with Crippen molar-refractivity contribution in [1.29, 1.82) is 0 Å². The van der Waals surface area contributed by atoms with E-state index in [1.54, 1.807) is 0 Å². The fourth-order valence-electron chi connectivity index (χ4n) is 2.83. The Labute approximate surface area is 167 Å². The van der Waals surface area contributed by atoms with Gasteiger partial charge in [0.05, 0.1) is 0 Å². The molecule has 2 aromatic carbocycles. The highest BCUT2D eigenvalue weighted by Crippen LogP contribution is 2.02. The Bertz CT molecular complexity index is 658. The van der Waals surface area contributed by atoms with Crippen LogP contribution in [0, 0.1) is 0 Å². The van der Waals surface area contributed by atoms with Crippen LogP contribution in [0.5, 0.6) is 0 Å². The number of hydrogen-bond donors (Lipinski definition) is 2. The van der Waals surface area contributed by atoms with E-state index in [0.29, 0.717) is 26.2 Å². The molecule has 2 amide bonds. The molecule has 6 nitrogen and oxygen atoms in total. The Morgan fingerprint density at radius 2 is 1.04 bits per heavy atom. The summed E-state index contributed by atoms with van der Waals surface area (Å²) in [7, 11) is 3.98. The van der Waals surface area contributed by atoms with E-state index in [4.69, 9.17) is 0 Å². The Morgan fingerprint density at radius 3 is 1.39 bits per heavy atom. The van der Waals surface area contributed by atoms with Gasteiger partial charge in [0.1, 0.15) is 0 Å². The van der Waals surface area contributed by atoms with Gasteiger partial charge in [0.2, 0.25) is 0 Å². The van der Waals surface area contributed by atoms with Gasteiger partial charge in [-0.2, -0.15) is 0 Å². The van der Waals surface area contributed by atoms with E-state index in [9.17, 15) is 9.59 Å². The van der Waals surface area contributed by atoms with E-state index in [0.717, 1.165) is 13.1 Å². The fourth-order valence-corrected chi connectivity index (χ4v) is 2.83. The quantitative estimate of drug-likeness (QED) is 0.611. The minimum Gasteiger partial charge on any atom is -0.347 e. The molecular formula is C22H30N4O2. The van der Waals surface area contributed by atoms with Crippen LogP contribution < -0.4 is 10.6 Å². The summed E-state index contributed by atoms with van der Waals surface area (Å²) in [6.45, 7) is 3.82. The first-order chi connectivity index (χ1) is 13.5. The normalized spacial score (nSPS) is 10.9. The van der Waals surface area contributed by atoms with Gasteiger partial charge in [-0.1, -0.05) is 60.7 Å². The van der Waals surface area contributed by atoms with Crippen molar-refractivity contribution >= 4 is 11.8 Å². The standard InChI is InChI=1S/C22H30N4O2/c1-25(17-19-9-5-3-6-10-19)15-13-23-21(27)22(28)24-14-16-26(2)18-20-11-7-4-8-12-20/h3-12H,13-18H2,1-2H3,(H,23,27)(H,24,28). The van der Waals surface area contributed by atoms with Crippen molar-refractivity contribution < 1.29 is 9.59 Å². The number of hydrogen-bond acceptors (Lipinski definition) is 4. The Balaban J connectivity index is 1.57. The van der Waals surface area contributed by atoms with Crippen LogP contribution in [0.2, 0.25) is 0 Å². The van der Waals surface area contributed by atoms with Crippen LogP contribution in [-0.2, 0) is 22.7 Å². The zero-order chi connectivity index (χ0) is 20.2. The highest BCUT2D eigenvalue weighted by molar-refractivity contribution is 6.35. The second-order valence-corrected chi connectivity index (χ2v) is 6.96. The third-order valence-electron chi connectivity index (χ3n) is 4.36. The highest BCUT2D eigenvalue weighted by Gasteiger charge is 2.12. The molecule has 0 aliphatic rings. The van der Waals surface area contributed by atoms with Gasteiger partial charge in [-0.15, -0.1) is 0 Å². The fraction of sp³-hybridized carbons (Fsp3) is 0.364. The number of amides is 2. The molecule has 0 bridgehead atoms. The molecular weight excluding hydrogens is 352 g/mol. The summed E-state index contributed by atoms with van der Waals surface area (Å²) in [5, 5.41) is 5.34. The molecule has 0 saturated carbocycles. The third-order valence-corrected chi connectivity index (χ3v) is 4.36. The first kappa shape index (κ1) is 21.6. The zero-order valence-corrected chi connectivity index (χ0v) is 16.7. The first-order valence-corrected chi connectivity index (χ1v) is 9.55. The van der Waals surface area contributed by atoms with Crippen molar-refractivity contribution in [1.82, 2.24) is 20.4 Å². The molecule has 2 rings (SSSR count). The second kappa shape index (κ2) is 11.9. The largest absolute Gasteiger partial charge is 0.347 e. The van der Waals surface area contributed by atoms with Crippen LogP contribution in [0.4, 0.5) is 0 Å². The van der Waals surface area contributed by atoms with Crippen molar-refractivity contribution in [2.45, 2.75) is 13.1 Å². The molecule has 2 N–H and O–H groups in total. The summed E-state index contributed by atoms with van der Waals surface area (Å²) < 4.78 is 0. The molecule has 0 unspecified atom stereocenters. The number of nitrogens with one attached hydrogen (secondary N) is 2.